The molecular weight excluding hydrogens is 262 g/mol. The van der Waals surface area contributed by atoms with Gasteiger partial charge in [0.2, 0.25) is 0 Å². The van der Waals surface area contributed by atoms with E-state index in [-0.39, 0.29) is 11.7 Å². The van der Waals surface area contributed by atoms with Gasteiger partial charge < -0.3 is 15.7 Å². The number of hydrogen-bond donors (Lipinski definition) is 2. The average molecular weight is 284 g/mol. The van der Waals surface area contributed by atoms with Crippen LogP contribution in [0.4, 0.5) is 8.78 Å². The van der Waals surface area contributed by atoms with Crippen molar-refractivity contribution in [3.05, 3.63) is 35.4 Å². The SMILES string of the molecule is CN(CCC(N)c1cccc(F)c1F)CC1CC(O)C1. The molecule has 5 heteroatoms. The van der Waals surface area contributed by atoms with Crippen LogP contribution >= 0.6 is 0 Å². The second-order valence-corrected chi connectivity index (χ2v) is 5.79. The highest BCUT2D eigenvalue weighted by molar-refractivity contribution is 5.22. The zero-order valence-corrected chi connectivity index (χ0v) is 11.7. The van der Waals surface area contributed by atoms with E-state index in [0.717, 1.165) is 32.0 Å². The summed E-state index contributed by atoms with van der Waals surface area (Å²) >= 11 is 0. The van der Waals surface area contributed by atoms with Crippen molar-refractivity contribution < 1.29 is 13.9 Å². The molecule has 0 saturated heterocycles. The van der Waals surface area contributed by atoms with Gasteiger partial charge in [-0.05, 0) is 44.8 Å². The van der Waals surface area contributed by atoms with Crippen molar-refractivity contribution >= 4 is 0 Å². The maximum absolute atomic E-state index is 13.6. The summed E-state index contributed by atoms with van der Waals surface area (Å²) < 4.78 is 26.7. The van der Waals surface area contributed by atoms with Gasteiger partial charge in [0.15, 0.2) is 11.6 Å². The molecule has 1 atom stereocenters. The lowest BCUT2D eigenvalue weighted by atomic mass is 9.82. The van der Waals surface area contributed by atoms with Crippen LogP contribution in [-0.4, -0.2) is 36.2 Å². The summed E-state index contributed by atoms with van der Waals surface area (Å²) in [5.41, 5.74) is 6.17. The Balaban J connectivity index is 1.79. The highest BCUT2D eigenvalue weighted by Crippen LogP contribution is 2.28. The second kappa shape index (κ2) is 6.61. The molecule has 0 radical (unpaired) electrons. The molecule has 0 bridgehead atoms. The predicted octanol–water partition coefficient (Wildman–Crippen LogP) is 2.06. The zero-order valence-electron chi connectivity index (χ0n) is 11.7. The predicted molar refractivity (Wildman–Crippen MR) is 74.1 cm³/mol. The molecule has 112 valence electrons. The lowest BCUT2D eigenvalue weighted by molar-refractivity contribution is 0.0280. The topological polar surface area (TPSA) is 49.5 Å². The normalized spacial score (nSPS) is 23.7. The molecule has 0 heterocycles. The summed E-state index contributed by atoms with van der Waals surface area (Å²) in [5, 5.41) is 9.24. The van der Waals surface area contributed by atoms with Crippen LogP contribution in [0.25, 0.3) is 0 Å². The van der Waals surface area contributed by atoms with E-state index in [0.29, 0.717) is 12.3 Å². The molecule has 1 aromatic rings. The standard InChI is InChI=1S/C15H22F2N2O/c1-19(9-10-7-11(20)8-10)6-5-14(18)12-3-2-4-13(16)15(12)17/h2-4,10-11,14,20H,5-9,18H2,1H3. The number of nitrogens with zero attached hydrogens (tertiary/aromatic N) is 1. The van der Waals surface area contributed by atoms with E-state index in [9.17, 15) is 13.9 Å². The first-order chi connectivity index (χ1) is 9.47. The van der Waals surface area contributed by atoms with Crippen molar-refractivity contribution in [1.82, 2.24) is 4.90 Å². The maximum Gasteiger partial charge on any atom is 0.163 e. The Labute approximate surface area is 118 Å². The van der Waals surface area contributed by atoms with E-state index < -0.39 is 17.7 Å². The Hall–Kier alpha value is -1.04. The molecule has 0 aliphatic heterocycles. The Bertz CT molecular complexity index is 449. The monoisotopic (exact) mass is 284 g/mol. The van der Waals surface area contributed by atoms with Crippen LogP contribution in [0.3, 0.4) is 0 Å². The molecule has 0 amide bonds. The maximum atomic E-state index is 13.6. The van der Waals surface area contributed by atoms with Crippen LogP contribution in [0, 0.1) is 17.6 Å². The quantitative estimate of drug-likeness (QED) is 0.840. The van der Waals surface area contributed by atoms with E-state index in [1.54, 1.807) is 0 Å². The molecule has 3 N–H and O–H groups in total. The van der Waals surface area contributed by atoms with Crippen molar-refractivity contribution in [2.24, 2.45) is 11.7 Å². The second-order valence-electron chi connectivity index (χ2n) is 5.79. The molecule has 1 aliphatic carbocycles. The number of aliphatic hydroxyl groups is 1. The van der Waals surface area contributed by atoms with Gasteiger partial charge in [-0.2, -0.15) is 0 Å². The third-order valence-corrected chi connectivity index (χ3v) is 3.98. The van der Waals surface area contributed by atoms with Crippen LogP contribution in [0.2, 0.25) is 0 Å². The molecule has 2 rings (SSSR count). The van der Waals surface area contributed by atoms with Crippen molar-refractivity contribution in [2.75, 3.05) is 20.1 Å². The fourth-order valence-corrected chi connectivity index (χ4v) is 2.70. The van der Waals surface area contributed by atoms with Gasteiger partial charge in [0.1, 0.15) is 0 Å². The van der Waals surface area contributed by atoms with Gasteiger partial charge in [0.25, 0.3) is 0 Å². The molecular formula is C15H22F2N2O. The van der Waals surface area contributed by atoms with Crippen LogP contribution < -0.4 is 5.73 Å². The first kappa shape index (κ1) is 15.4. The van der Waals surface area contributed by atoms with Gasteiger partial charge in [-0.15, -0.1) is 0 Å². The molecule has 1 fully saturated rings. The van der Waals surface area contributed by atoms with E-state index in [2.05, 4.69) is 4.90 Å². The average Bonchev–Trinajstić information content (AvgIpc) is 2.37. The first-order valence-corrected chi connectivity index (χ1v) is 7.03. The van der Waals surface area contributed by atoms with Gasteiger partial charge in [0, 0.05) is 18.2 Å². The minimum absolute atomic E-state index is 0.142. The van der Waals surface area contributed by atoms with Crippen LogP contribution in [-0.2, 0) is 0 Å². The first-order valence-electron chi connectivity index (χ1n) is 7.03. The summed E-state index contributed by atoms with van der Waals surface area (Å²) in [5.74, 6) is -1.16. The molecule has 3 nitrogen and oxygen atoms in total. The summed E-state index contributed by atoms with van der Waals surface area (Å²) in [6, 6.07) is 3.61. The van der Waals surface area contributed by atoms with Crippen molar-refractivity contribution in [3.8, 4) is 0 Å². The molecule has 20 heavy (non-hydrogen) atoms. The van der Waals surface area contributed by atoms with E-state index >= 15 is 0 Å². The number of rotatable bonds is 6. The molecule has 0 spiro atoms. The van der Waals surface area contributed by atoms with Crippen molar-refractivity contribution in [1.29, 1.82) is 0 Å². The summed E-state index contributed by atoms with van der Waals surface area (Å²) in [6.45, 7) is 1.64. The Morgan fingerprint density at radius 1 is 1.40 bits per heavy atom. The van der Waals surface area contributed by atoms with Gasteiger partial charge in [-0.3, -0.25) is 0 Å². The van der Waals surface area contributed by atoms with Crippen molar-refractivity contribution in [3.63, 3.8) is 0 Å². The van der Waals surface area contributed by atoms with E-state index in [1.807, 2.05) is 7.05 Å². The third kappa shape index (κ3) is 3.75. The number of benzene rings is 1. The fraction of sp³-hybridized carbons (Fsp3) is 0.600. The lowest BCUT2D eigenvalue weighted by Crippen LogP contribution is -2.37. The smallest absolute Gasteiger partial charge is 0.163 e. The summed E-state index contributed by atoms with van der Waals surface area (Å²) in [7, 11) is 1.99. The summed E-state index contributed by atoms with van der Waals surface area (Å²) in [6.07, 6.45) is 2.15. The molecule has 1 aromatic carbocycles. The lowest BCUT2D eigenvalue weighted by Gasteiger charge is -2.34. The van der Waals surface area contributed by atoms with Gasteiger partial charge in [-0.1, -0.05) is 12.1 Å². The zero-order chi connectivity index (χ0) is 14.7. The Morgan fingerprint density at radius 2 is 2.10 bits per heavy atom. The third-order valence-electron chi connectivity index (χ3n) is 3.98. The number of halogens is 2. The number of hydrogen-bond acceptors (Lipinski definition) is 3. The number of aliphatic hydroxyl groups excluding tert-OH is 1. The number of nitrogens with two attached hydrogens (primary N) is 1. The minimum Gasteiger partial charge on any atom is -0.393 e. The van der Waals surface area contributed by atoms with Gasteiger partial charge in [0.05, 0.1) is 6.10 Å². The molecule has 0 aromatic heterocycles. The molecule has 1 saturated carbocycles. The van der Waals surface area contributed by atoms with E-state index in [4.69, 9.17) is 5.73 Å². The highest BCUT2D eigenvalue weighted by atomic mass is 19.2. The molecule has 1 unspecified atom stereocenters. The van der Waals surface area contributed by atoms with Crippen LogP contribution in [0.5, 0.6) is 0 Å². The highest BCUT2D eigenvalue weighted by Gasteiger charge is 2.27. The fourth-order valence-electron chi connectivity index (χ4n) is 2.70. The van der Waals surface area contributed by atoms with Crippen molar-refractivity contribution in [2.45, 2.75) is 31.4 Å². The van der Waals surface area contributed by atoms with Crippen LogP contribution in [0.1, 0.15) is 30.9 Å². The Kier molecular flexibility index (Phi) is 5.07. The molecule has 1 aliphatic rings. The van der Waals surface area contributed by atoms with E-state index in [1.165, 1.54) is 12.1 Å². The van der Waals surface area contributed by atoms with Gasteiger partial charge >= 0.3 is 0 Å². The summed E-state index contributed by atoms with van der Waals surface area (Å²) in [4.78, 5) is 2.13. The van der Waals surface area contributed by atoms with Gasteiger partial charge in [-0.25, -0.2) is 8.78 Å². The largest absolute Gasteiger partial charge is 0.393 e. The Morgan fingerprint density at radius 3 is 2.75 bits per heavy atom. The minimum atomic E-state index is -0.852. The van der Waals surface area contributed by atoms with Crippen LogP contribution in [0.15, 0.2) is 18.2 Å².